The van der Waals surface area contributed by atoms with Gasteiger partial charge >= 0.3 is 0 Å². The van der Waals surface area contributed by atoms with Crippen LogP contribution in [-0.4, -0.2) is 27.4 Å². The Morgan fingerprint density at radius 2 is 2.23 bits per heavy atom. The maximum Gasteiger partial charge on any atom is 0.158 e. The van der Waals surface area contributed by atoms with Gasteiger partial charge < -0.3 is 5.73 Å². The van der Waals surface area contributed by atoms with E-state index >= 15 is 0 Å². The third kappa shape index (κ3) is 4.06. The normalized spacial score (nSPS) is 19.9. The van der Waals surface area contributed by atoms with E-state index in [1.807, 2.05) is 6.07 Å². The van der Waals surface area contributed by atoms with E-state index in [9.17, 15) is 8.78 Å². The van der Waals surface area contributed by atoms with Gasteiger partial charge in [-0.2, -0.15) is 5.26 Å². The van der Waals surface area contributed by atoms with Crippen molar-refractivity contribution >= 4 is 28.8 Å². The summed E-state index contributed by atoms with van der Waals surface area (Å²) in [6.45, 7) is 0. The Hall–Kier alpha value is -2.79. The van der Waals surface area contributed by atoms with Crippen LogP contribution in [0.25, 0.3) is 11.9 Å². The summed E-state index contributed by atoms with van der Waals surface area (Å²) in [5.74, 6) is -0.893. The van der Waals surface area contributed by atoms with Gasteiger partial charge in [0.2, 0.25) is 0 Å². The number of hydrogen-bond acceptors (Lipinski definition) is 5. The number of benzene rings is 1. The fourth-order valence-corrected chi connectivity index (χ4v) is 3.53. The molecule has 1 fully saturated rings. The fraction of sp³-hybridized carbons (Fsp3) is 0.222. The zero-order chi connectivity index (χ0) is 18.7. The van der Waals surface area contributed by atoms with Crippen molar-refractivity contribution in [2.45, 2.75) is 17.6 Å². The molecule has 3 rings (SSSR count). The average molecular weight is 371 g/mol. The summed E-state index contributed by atoms with van der Waals surface area (Å²) in [6.07, 6.45) is 4.46. The summed E-state index contributed by atoms with van der Waals surface area (Å²) in [5, 5.41) is 9.35. The lowest BCUT2D eigenvalue weighted by Crippen LogP contribution is -2.07. The number of aromatic nitrogens is 2. The number of aliphatic imine (C=N–C) groups is 1. The summed E-state index contributed by atoms with van der Waals surface area (Å²) < 4.78 is 28.5. The van der Waals surface area contributed by atoms with E-state index in [4.69, 9.17) is 11.0 Å². The van der Waals surface area contributed by atoms with Crippen LogP contribution < -0.4 is 5.73 Å². The number of amidine groups is 1. The molecule has 0 saturated heterocycles. The minimum Gasteiger partial charge on any atom is -0.379 e. The maximum atomic E-state index is 14.3. The molecule has 2 N–H and O–H groups in total. The van der Waals surface area contributed by atoms with Crippen molar-refractivity contribution in [2.24, 2.45) is 10.7 Å². The first kappa shape index (κ1) is 18.0. The van der Waals surface area contributed by atoms with E-state index in [0.717, 1.165) is 6.42 Å². The first-order chi connectivity index (χ1) is 12.5. The monoisotopic (exact) mass is 371 g/mol. The molecule has 1 saturated carbocycles. The Morgan fingerprint density at radius 1 is 1.42 bits per heavy atom. The minimum atomic E-state index is -0.608. The zero-order valence-electron chi connectivity index (χ0n) is 13.9. The van der Waals surface area contributed by atoms with E-state index in [1.165, 1.54) is 42.4 Å². The lowest BCUT2D eigenvalue weighted by Gasteiger charge is -2.05. The van der Waals surface area contributed by atoms with Gasteiger partial charge in [-0.3, -0.25) is 4.99 Å². The largest absolute Gasteiger partial charge is 0.379 e. The van der Waals surface area contributed by atoms with Crippen LogP contribution in [0.15, 0.2) is 35.6 Å². The Morgan fingerprint density at radius 3 is 2.88 bits per heavy atom. The fourth-order valence-electron chi connectivity index (χ4n) is 2.50. The number of thioether (sulfide) groups is 1. The number of nitrogens with two attached hydrogens (primary N) is 1. The maximum absolute atomic E-state index is 14.3. The minimum absolute atomic E-state index is 0.0154. The smallest absolute Gasteiger partial charge is 0.158 e. The van der Waals surface area contributed by atoms with Crippen LogP contribution in [0.3, 0.4) is 0 Å². The van der Waals surface area contributed by atoms with Gasteiger partial charge in [0.05, 0.1) is 12.4 Å². The van der Waals surface area contributed by atoms with Crippen molar-refractivity contribution in [3.8, 4) is 6.07 Å². The van der Waals surface area contributed by atoms with Gasteiger partial charge in [-0.25, -0.2) is 18.7 Å². The summed E-state index contributed by atoms with van der Waals surface area (Å²) >= 11 is 1.42. The standard InChI is InChI=1S/C18H15F2N5S/c1-23-18(22)26-17-6-13(17)12-4-10(2-3-14(12)19)5-15(20)16-9-24-11(7-21)8-25-16/h2-5,8-9,13,17H,6H2,1H3,(H2,22,23)/b15-5-. The van der Waals surface area contributed by atoms with Crippen LogP contribution in [0.1, 0.15) is 34.9 Å². The summed E-state index contributed by atoms with van der Waals surface area (Å²) in [5.41, 5.74) is 6.89. The Kier molecular flexibility index (Phi) is 5.28. The van der Waals surface area contributed by atoms with E-state index in [2.05, 4.69) is 15.0 Å². The van der Waals surface area contributed by atoms with Crippen molar-refractivity contribution < 1.29 is 8.78 Å². The van der Waals surface area contributed by atoms with Crippen LogP contribution in [0, 0.1) is 17.1 Å². The lowest BCUT2D eigenvalue weighted by atomic mass is 10.1. The number of rotatable bonds is 4. The molecule has 2 unspecified atom stereocenters. The second-order valence-electron chi connectivity index (χ2n) is 5.73. The molecule has 1 aliphatic carbocycles. The van der Waals surface area contributed by atoms with Crippen molar-refractivity contribution in [2.75, 3.05) is 7.05 Å². The van der Waals surface area contributed by atoms with Crippen molar-refractivity contribution in [1.82, 2.24) is 9.97 Å². The number of nitriles is 1. The van der Waals surface area contributed by atoms with Crippen molar-refractivity contribution in [1.29, 1.82) is 5.26 Å². The molecule has 0 aliphatic heterocycles. The highest BCUT2D eigenvalue weighted by atomic mass is 32.2. The van der Waals surface area contributed by atoms with Crippen molar-refractivity contribution in [3.63, 3.8) is 0 Å². The number of halogens is 2. The van der Waals surface area contributed by atoms with Crippen LogP contribution in [0.2, 0.25) is 0 Å². The van der Waals surface area contributed by atoms with E-state index in [-0.39, 0.29) is 28.4 Å². The predicted octanol–water partition coefficient (Wildman–Crippen LogP) is 3.49. The van der Waals surface area contributed by atoms with E-state index < -0.39 is 5.83 Å². The van der Waals surface area contributed by atoms with Crippen LogP contribution in [0.5, 0.6) is 0 Å². The number of nitrogens with zero attached hydrogens (tertiary/aromatic N) is 4. The molecule has 2 aromatic rings. The second-order valence-corrected chi connectivity index (χ2v) is 6.99. The van der Waals surface area contributed by atoms with Crippen molar-refractivity contribution in [3.05, 3.63) is 58.9 Å². The zero-order valence-corrected chi connectivity index (χ0v) is 14.7. The molecule has 26 heavy (non-hydrogen) atoms. The van der Waals surface area contributed by atoms with Gasteiger partial charge in [-0.1, -0.05) is 17.8 Å². The highest BCUT2D eigenvalue weighted by Crippen LogP contribution is 2.50. The molecule has 0 bridgehead atoms. The highest BCUT2D eigenvalue weighted by Gasteiger charge is 2.41. The second kappa shape index (κ2) is 7.62. The molecule has 0 amide bonds. The Bertz CT molecular complexity index is 918. The van der Waals surface area contributed by atoms with Crippen LogP contribution in [0.4, 0.5) is 8.78 Å². The molecule has 1 aromatic heterocycles. The SMILES string of the molecule is CN=C(N)SC1CC1c1cc(/C=C(\F)c2cnc(C#N)cn2)ccc1F. The van der Waals surface area contributed by atoms with Gasteiger partial charge in [0.15, 0.2) is 16.7 Å². The summed E-state index contributed by atoms with van der Waals surface area (Å²) in [7, 11) is 1.61. The third-order valence-corrected chi connectivity index (χ3v) is 5.20. The first-order valence-electron chi connectivity index (χ1n) is 7.80. The Balaban J connectivity index is 1.80. The van der Waals surface area contributed by atoms with Gasteiger partial charge in [0.1, 0.15) is 17.6 Å². The molecule has 132 valence electrons. The molecule has 0 spiro atoms. The Labute approximate surface area is 153 Å². The first-order valence-corrected chi connectivity index (χ1v) is 8.68. The van der Waals surface area contributed by atoms with E-state index in [0.29, 0.717) is 16.3 Å². The van der Waals surface area contributed by atoms with Gasteiger partial charge in [0, 0.05) is 18.2 Å². The highest BCUT2D eigenvalue weighted by molar-refractivity contribution is 8.14. The molecule has 5 nitrogen and oxygen atoms in total. The lowest BCUT2D eigenvalue weighted by molar-refractivity contribution is 0.611. The van der Waals surface area contributed by atoms with E-state index in [1.54, 1.807) is 13.1 Å². The van der Waals surface area contributed by atoms with Crippen LogP contribution >= 0.6 is 11.8 Å². The van der Waals surface area contributed by atoms with Gasteiger partial charge in [-0.05, 0) is 35.8 Å². The number of hydrogen-bond donors (Lipinski definition) is 1. The molecule has 1 aliphatic rings. The summed E-state index contributed by atoms with van der Waals surface area (Å²) in [4.78, 5) is 11.5. The molecule has 2 atom stereocenters. The summed E-state index contributed by atoms with van der Waals surface area (Å²) in [6, 6.07) is 6.29. The topological polar surface area (TPSA) is 88.0 Å². The third-order valence-electron chi connectivity index (χ3n) is 3.95. The average Bonchev–Trinajstić information content (AvgIpc) is 3.41. The predicted molar refractivity (Wildman–Crippen MR) is 98.4 cm³/mol. The van der Waals surface area contributed by atoms with Gasteiger partial charge in [0.25, 0.3) is 0 Å². The molecular weight excluding hydrogens is 356 g/mol. The molecule has 1 heterocycles. The van der Waals surface area contributed by atoms with Gasteiger partial charge in [-0.15, -0.1) is 0 Å². The van der Waals surface area contributed by atoms with Crippen LogP contribution in [-0.2, 0) is 0 Å². The molecule has 0 radical (unpaired) electrons. The molecule has 8 heteroatoms. The quantitative estimate of drug-likeness (QED) is 0.656. The molecule has 1 aromatic carbocycles. The molecular formula is C18H15F2N5S.